The maximum Gasteiger partial charge on any atom is 0.330 e. The number of carbonyl (C=O) groups excluding carboxylic acids is 1. The quantitative estimate of drug-likeness (QED) is 0.905. The van der Waals surface area contributed by atoms with E-state index in [1.165, 1.54) is 0 Å². The molecule has 1 aromatic heterocycles. The molecule has 1 aliphatic heterocycles. The standard InChI is InChI=1S/C15H14N2O3S/c18-13(17-15(14(19)20)5-7-21-9-15)11-3-4-12-10(8-11)2-1-6-16-12/h1-4,6,8H,5,7,9H2,(H,17,18)(H,19,20). The Morgan fingerprint density at radius 3 is 2.90 bits per heavy atom. The van der Waals surface area contributed by atoms with Crippen LogP contribution in [-0.2, 0) is 4.79 Å². The number of pyridine rings is 1. The fourth-order valence-electron chi connectivity index (χ4n) is 2.39. The third-order valence-corrected chi connectivity index (χ3v) is 4.84. The highest BCUT2D eigenvalue weighted by Gasteiger charge is 2.43. The molecule has 2 N–H and O–H groups in total. The Balaban J connectivity index is 1.88. The van der Waals surface area contributed by atoms with Gasteiger partial charge in [0, 0.05) is 22.9 Å². The van der Waals surface area contributed by atoms with E-state index >= 15 is 0 Å². The van der Waals surface area contributed by atoms with Crippen LogP contribution in [0.25, 0.3) is 10.9 Å². The van der Waals surface area contributed by atoms with Crippen molar-refractivity contribution in [3.05, 3.63) is 42.1 Å². The van der Waals surface area contributed by atoms with Crippen LogP contribution in [0.15, 0.2) is 36.5 Å². The highest BCUT2D eigenvalue weighted by atomic mass is 32.2. The maximum absolute atomic E-state index is 12.3. The van der Waals surface area contributed by atoms with Crippen LogP contribution in [0, 0.1) is 0 Å². The SMILES string of the molecule is O=C(NC1(C(=O)O)CCSC1)c1ccc2ncccc2c1. The zero-order valence-corrected chi connectivity index (χ0v) is 12.0. The second kappa shape index (κ2) is 5.37. The van der Waals surface area contributed by atoms with E-state index in [-0.39, 0.29) is 5.91 Å². The molecule has 0 spiro atoms. The van der Waals surface area contributed by atoms with Gasteiger partial charge < -0.3 is 10.4 Å². The van der Waals surface area contributed by atoms with Crippen LogP contribution in [0.2, 0.25) is 0 Å². The van der Waals surface area contributed by atoms with Crippen LogP contribution < -0.4 is 5.32 Å². The first kappa shape index (κ1) is 13.9. The first-order chi connectivity index (χ1) is 10.1. The molecule has 0 bridgehead atoms. The molecule has 21 heavy (non-hydrogen) atoms. The molecule has 1 fully saturated rings. The number of nitrogens with one attached hydrogen (secondary N) is 1. The molecule has 1 saturated heterocycles. The first-order valence-electron chi connectivity index (χ1n) is 6.59. The fourth-order valence-corrected chi connectivity index (χ4v) is 3.72. The molecule has 5 nitrogen and oxygen atoms in total. The number of hydrogen-bond donors (Lipinski definition) is 2. The Morgan fingerprint density at radius 2 is 2.19 bits per heavy atom. The number of benzene rings is 1. The molecule has 0 radical (unpaired) electrons. The molecule has 0 aliphatic carbocycles. The van der Waals surface area contributed by atoms with E-state index in [2.05, 4.69) is 10.3 Å². The van der Waals surface area contributed by atoms with E-state index in [0.717, 1.165) is 16.7 Å². The number of carbonyl (C=O) groups is 2. The fraction of sp³-hybridized carbons (Fsp3) is 0.267. The van der Waals surface area contributed by atoms with Gasteiger partial charge in [0.1, 0.15) is 5.54 Å². The summed E-state index contributed by atoms with van der Waals surface area (Å²) in [5, 5.41) is 12.9. The number of hydrogen-bond acceptors (Lipinski definition) is 4. The van der Waals surface area contributed by atoms with Crippen LogP contribution in [0.3, 0.4) is 0 Å². The number of aliphatic carboxylic acids is 1. The zero-order chi connectivity index (χ0) is 14.9. The van der Waals surface area contributed by atoms with Gasteiger partial charge in [-0.3, -0.25) is 9.78 Å². The van der Waals surface area contributed by atoms with Crippen LogP contribution in [0.5, 0.6) is 0 Å². The number of amides is 1. The summed E-state index contributed by atoms with van der Waals surface area (Å²) >= 11 is 1.54. The number of nitrogens with zero attached hydrogens (tertiary/aromatic N) is 1. The van der Waals surface area contributed by atoms with Crippen molar-refractivity contribution in [1.82, 2.24) is 10.3 Å². The Morgan fingerprint density at radius 1 is 1.33 bits per heavy atom. The lowest BCUT2D eigenvalue weighted by Gasteiger charge is -2.24. The number of fused-ring (bicyclic) bond motifs is 1. The van der Waals surface area contributed by atoms with Gasteiger partial charge in [0.05, 0.1) is 5.52 Å². The zero-order valence-electron chi connectivity index (χ0n) is 11.2. The molecular weight excluding hydrogens is 288 g/mol. The van der Waals surface area contributed by atoms with E-state index in [1.807, 2.05) is 6.07 Å². The molecule has 0 saturated carbocycles. The third-order valence-electron chi connectivity index (χ3n) is 3.65. The van der Waals surface area contributed by atoms with Crippen LogP contribution in [0.1, 0.15) is 16.8 Å². The first-order valence-corrected chi connectivity index (χ1v) is 7.75. The van der Waals surface area contributed by atoms with Crippen molar-refractivity contribution in [2.45, 2.75) is 12.0 Å². The van der Waals surface area contributed by atoms with Crippen molar-refractivity contribution in [3.8, 4) is 0 Å². The van der Waals surface area contributed by atoms with Gasteiger partial charge in [0.15, 0.2) is 0 Å². The van der Waals surface area contributed by atoms with Crippen molar-refractivity contribution in [1.29, 1.82) is 0 Å². The molecule has 1 aliphatic rings. The van der Waals surface area contributed by atoms with Gasteiger partial charge in [-0.05, 0) is 36.4 Å². The average molecular weight is 302 g/mol. The number of aromatic nitrogens is 1. The van der Waals surface area contributed by atoms with Crippen molar-refractivity contribution < 1.29 is 14.7 Å². The van der Waals surface area contributed by atoms with E-state index in [1.54, 1.807) is 42.2 Å². The highest BCUT2D eigenvalue weighted by Crippen LogP contribution is 2.28. The van der Waals surface area contributed by atoms with Gasteiger partial charge in [-0.1, -0.05) is 6.07 Å². The lowest BCUT2D eigenvalue weighted by atomic mass is 9.98. The monoisotopic (exact) mass is 302 g/mol. The van der Waals surface area contributed by atoms with Crippen molar-refractivity contribution in [3.63, 3.8) is 0 Å². The van der Waals surface area contributed by atoms with Crippen LogP contribution >= 0.6 is 11.8 Å². The summed E-state index contributed by atoms with van der Waals surface area (Å²) in [6, 6.07) is 8.84. The molecule has 1 aromatic carbocycles. The van der Waals surface area contributed by atoms with Crippen molar-refractivity contribution >= 4 is 34.5 Å². The normalized spacial score (nSPS) is 21.3. The maximum atomic E-state index is 12.3. The highest BCUT2D eigenvalue weighted by molar-refractivity contribution is 7.99. The predicted molar refractivity (Wildman–Crippen MR) is 81.5 cm³/mol. The molecule has 6 heteroatoms. The molecule has 3 rings (SSSR count). The number of carboxylic acid groups (broad SMARTS) is 1. The van der Waals surface area contributed by atoms with Gasteiger partial charge in [0.25, 0.3) is 5.91 Å². The van der Waals surface area contributed by atoms with Gasteiger partial charge in [-0.2, -0.15) is 11.8 Å². The van der Waals surface area contributed by atoms with E-state index in [9.17, 15) is 14.7 Å². The van der Waals surface area contributed by atoms with Gasteiger partial charge in [-0.15, -0.1) is 0 Å². The van der Waals surface area contributed by atoms with Crippen molar-refractivity contribution in [2.75, 3.05) is 11.5 Å². The second-order valence-corrected chi connectivity index (χ2v) is 6.16. The summed E-state index contributed by atoms with van der Waals surface area (Å²) in [6.07, 6.45) is 2.14. The summed E-state index contributed by atoms with van der Waals surface area (Å²) in [5.41, 5.74) is 0.109. The average Bonchev–Trinajstić information content (AvgIpc) is 2.96. The Hall–Kier alpha value is -2.08. The van der Waals surface area contributed by atoms with E-state index in [0.29, 0.717) is 17.7 Å². The molecule has 2 aromatic rings. The number of thioether (sulfide) groups is 1. The largest absolute Gasteiger partial charge is 0.479 e. The topological polar surface area (TPSA) is 79.3 Å². The third kappa shape index (κ3) is 2.58. The van der Waals surface area contributed by atoms with Crippen LogP contribution in [0.4, 0.5) is 0 Å². The summed E-state index contributed by atoms with van der Waals surface area (Å²) in [6.45, 7) is 0. The minimum atomic E-state index is -1.15. The molecule has 1 atom stereocenters. The van der Waals surface area contributed by atoms with E-state index in [4.69, 9.17) is 0 Å². The van der Waals surface area contributed by atoms with Gasteiger partial charge in [0.2, 0.25) is 0 Å². The Kier molecular flexibility index (Phi) is 3.55. The minimum absolute atomic E-state index is 0.356. The summed E-state index contributed by atoms with van der Waals surface area (Å²) in [4.78, 5) is 28.0. The molecule has 2 heterocycles. The lowest BCUT2D eigenvalue weighted by molar-refractivity contribution is -0.143. The van der Waals surface area contributed by atoms with Gasteiger partial charge >= 0.3 is 5.97 Å². The molecule has 1 amide bonds. The Bertz CT molecular complexity index is 711. The molecule has 108 valence electrons. The van der Waals surface area contributed by atoms with Crippen molar-refractivity contribution in [2.24, 2.45) is 0 Å². The minimum Gasteiger partial charge on any atom is -0.479 e. The number of rotatable bonds is 3. The smallest absolute Gasteiger partial charge is 0.330 e. The summed E-state index contributed by atoms with van der Waals surface area (Å²) < 4.78 is 0. The van der Waals surface area contributed by atoms with E-state index < -0.39 is 11.5 Å². The lowest BCUT2D eigenvalue weighted by Crippen LogP contribution is -2.54. The second-order valence-electron chi connectivity index (χ2n) is 5.05. The molecule has 1 unspecified atom stereocenters. The molecular formula is C15H14N2O3S. The number of carboxylic acids is 1. The summed E-state index contributed by atoms with van der Waals surface area (Å²) in [5.74, 6) is -0.175. The van der Waals surface area contributed by atoms with Gasteiger partial charge in [-0.25, -0.2) is 4.79 Å². The Labute approximate surface area is 125 Å². The predicted octanol–water partition coefficient (Wildman–Crippen LogP) is 1.92. The van der Waals surface area contributed by atoms with Crippen LogP contribution in [-0.4, -0.2) is 39.0 Å². The summed E-state index contributed by atoms with van der Waals surface area (Å²) in [7, 11) is 0.